The number of fused-ring (bicyclic) bond motifs is 3. The van der Waals surface area contributed by atoms with Gasteiger partial charge in [-0.25, -0.2) is 18.7 Å². The van der Waals surface area contributed by atoms with E-state index in [1.54, 1.807) is 14.0 Å². The van der Waals surface area contributed by atoms with Crippen LogP contribution in [0.3, 0.4) is 0 Å². The number of nitrogens with zero attached hydrogens (tertiary/aromatic N) is 4. The van der Waals surface area contributed by atoms with E-state index in [9.17, 15) is 31.9 Å². The predicted molar refractivity (Wildman–Crippen MR) is 139 cm³/mol. The van der Waals surface area contributed by atoms with Gasteiger partial charge < -0.3 is 19.7 Å². The SMILES string of the molecule is Cn1c(C2CC(C)(O)C2)nc2cc(OCCN3CCC4(CC3)C(=O)Nc3ccc(C(F)F)nc34)cc(C(F)(F)F)c21. The molecule has 13 heteroatoms. The zero-order chi connectivity index (χ0) is 29.3. The number of nitrogens with one attached hydrogen (secondary N) is 1. The van der Waals surface area contributed by atoms with Crippen LogP contribution in [0.15, 0.2) is 24.3 Å². The number of imidazole rings is 1. The van der Waals surface area contributed by atoms with Crippen LogP contribution >= 0.6 is 0 Å². The number of rotatable bonds is 6. The maximum Gasteiger partial charge on any atom is 0.418 e. The highest BCUT2D eigenvalue weighted by atomic mass is 19.4. The van der Waals surface area contributed by atoms with Gasteiger partial charge >= 0.3 is 6.18 Å². The number of anilines is 1. The lowest BCUT2D eigenvalue weighted by molar-refractivity contribution is -0.136. The molecule has 0 unspecified atom stereocenters. The Labute approximate surface area is 232 Å². The fourth-order valence-electron chi connectivity index (χ4n) is 6.52. The van der Waals surface area contributed by atoms with E-state index in [0.717, 1.165) is 6.07 Å². The molecular formula is C28H30F5N5O3. The van der Waals surface area contributed by atoms with E-state index < -0.39 is 29.2 Å². The second-order valence-corrected chi connectivity index (χ2v) is 11.6. The summed E-state index contributed by atoms with van der Waals surface area (Å²) in [6, 6.07) is 5.16. The first kappa shape index (κ1) is 27.8. The quantitative estimate of drug-likeness (QED) is 0.403. The van der Waals surface area contributed by atoms with Gasteiger partial charge in [0.15, 0.2) is 0 Å². The number of aromatic nitrogens is 3. The number of pyridine rings is 1. The minimum atomic E-state index is -4.62. The molecule has 2 N–H and O–H groups in total. The maximum atomic E-state index is 14.0. The van der Waals surface area contributed by atoms with Gasteiger partial charge in [0.25, 0.3) is 6.43 Å². The largest absolute Gasteiger partial charge is 0.492 e. The highest BCUT2D eigenvalue weighted by Crippen LogP contribution is 2.47. The number of hydrogen-bond acceptors (Lipinski definition) is 6. The van der Waals surface area contributed by atoms with E-state index in [1.807, 2.05) is 4.90 Å². The molecule has 6 rings (SSSR count). The third-order valence-corrected chi connectivity index (χ3v) is 8.68. The standard InChI is InChI=1S/C28H30F5N5O3/c1-26(40)13-15(14-26)24-35-20-12-16(11-17(28(31,32)33)21(20)37(24)2)41-10-9-38-7-5-27(6-8-38)22-18(36-25(27)39)3-4-19(34-22)23(29)30/h3-4,11-12,15,23,40H,5-10,13-14H2,1-2H3,(H,36,39). The first-order valence-electron chi connectivity index (χ1n) is 13.5. The van der Waals surface area contributed by atoms with E-state index in [1.165, 1.54) is 22.8 Å². The van der Waals surface area contributed by atoms with Crippen molar-refractivity contribution in [3.63, 3.8) is 0 Å². The Bertz CT molecular complexity index is 1500. The number of carbonyl (C=O) groups is 1. The molecule has 2 aromatic heterocycles. The molecule has 1 aromatic carbocycles. The van der Waals surface area contributed by atoms with Crippen molar-refractivity contribution >= 4 is 22.6 Å². The van der Waals surface area contributed by atoms with Crippen molar-refractivity contribution in [3.05, 3.63) is 47.0 Å². The maximum absolute atomic E-state index is 14.0. The van der Waals surface area contributed by atoms with Gasteiger partial charge in [-0.3, -0.25) is 9.69 Å². The highest BCUT2D eigenvalue weighted by molar-refractivity contribution is 6.05. The van der Waals surface area contributed by atoms with Crippen LogP contribution in [0.1, 0.15) is 67.7 Å². The highest BCUT2D eigenvalue weighted by Gasteiger charge is 2.50. The smallest absolute Gasteiger partial charge is 0.418 e. The van der Waals surface area contributed by atoms with E-state index in [0.29, 0.717) is 62.5 Å². The average Bonchev–Trinajstić information content (AvgIpc) is 3.35. The molecule has 1 saturated carbocycles. The Morgan fingerprint density at radius 1 is 1.17 bits per heavy atom. The third kappa shape index (κ3) is 4.82. The normalized spacial score (nSPS) is 24.1. The average molecular weight is 580 g/mol. The number of ether oxygens (including phenoxy) is 1. The second-order valence-electron chi connectivity index (χ2n) is 11.6. The molecule has 3 aliphatic rings. The van der Waals surface area contributed by atoms with Gasteiger partial charge in [-0.15, -0.1) is 0 Å². The Hall–Kier alpha value is -3.32. The van der Waals surface area contributed by atoms with Crippen LogP contribution in [0, 0.1) is 0 Å². The van der Waals surface area contributed by atoms with Crippen molar-refractivity contribution in [3.8, 4) is 5.75 Å². The van der Waals surface area contributed by atoms with E-state index in [4.69, 9.17) is 4.74 Å². The minimum Gasteiger partial charge on any atom is -0.492 e. The van der Waals surface area contributed by atoms with E-state index in [2.05, 4.69) is 15.3 Å². The zero-order valence-electron chi connectivity index (χ0n) is 22.6. The molecule has 4 heterocycles. The van der Waals surface area contributed by atoms with Gasteiger partial charge in [-0.1, -0.05) is 0 Å². The van der Waals surface area contributed by atoms with Crippen LogP contribution in [0.5, 0.6) is 5.75 Å². The summed E-state index contributed by atoms with van der Waals surface area (Å²) in [6.45, 7) is 3.15. The number of aryl methyl sites for hydroxylation is 1. The topological polar surface area (TPSA) is 92.5 Å². The second kappa shape index (κ2) is 9.62. The van der Waals surface area contributed by atoms with Crippen LogP contribution in [-0.4, -0.2) is 62.3 Å². The van der Waals surface area contributed by atoms with Gasteiger partial charge in [-0.2, -0.15) is 13.2 Å². The Kier molecular flexibility index (Phi) is 6.53. The monoisotopic (exact) mass is 579 g/mol. The van der Waals surface area contributed by atoms with Crippen molar-refractivity contribution in [2.24, 2.45) is 7.05 Å². The van der Waals surface area contributed by atoms with Gasteiger partial charge in [0.05, 0.1) is 39.0 Å². The van der Waals surface area contributed by atoms with Crippen LogP contribution in [0.4, 0.5) is 27.6 Å². The van der Waals surface area contributed by atoms with E-state index >= 15 is 0 Å². The fraction of sp³-hybridized carbons (Fsp3) is 0.536. The zero-order valence-corrected chi connectivity index (χ0v) is 22.6. The molecule has 2 aliphatic heterocycles. The van der Waals surface area contributed by atoms with Crippen molar-refractivity contribution in [1.82, 2.24) is 19.4 Å². The number of carbonyl (C=O) groups excluding carboxylic acids is 1. The van der Waals surface area contributed by atoms with Gasteiger partial charge in [0.1, 0.15) is 23.9 Å². The number of likely N-dealkylation sites (tertiary alicyclic amines) is 1. The van der Waals surface area contributed by atoms with Crippen LogP contribution in [0.25, 0.3) is 11.0 Å². The summed E-state index contributed by atoms with van der Waals surface area (Å²) in [5.74, 6) is 0.178. The summed E-state index contributed by atoms with van der Waals surface area (Å²) < 4.78 is 75.9. The molecule has 41 heavy (non-hydrogen) atoms. The number of amides is 1. The fourth-order valence-corrected chi connectivity index (χ4v) is 6.52. The summed E-state index contributed by atoms with van der Waals surface area (Å²) in [4.78, 5) is 23.5. The summed E-state index contributed by atoms with van der Waals surface area (Å²) in [5, 5.41) is 12.9. The molecule has 2 fully saturated rings. The number of halogens is 5. The Balaban J connectivity index is 1.14. The first-order chi connectivity index (χ1) is 19.3. The number of alkyl halides is 5. The molecule has 1 aliphatic carbocycles. The van der Waals surface area contributed by atoms with Gasteiger partial charge in [-0.05, 0) is 63.9 Å². The predicted octanol–water partition coefficient (Wildman–Crippen LogP) is 4.92. The van der Waals surface area contributed by atoms with Crippen molar-refractivity contribution in [1.29, 1.82) is 0 Å². The molecule has 1 saturated heterocycles. The molecule has 0 radical (unpaired) electrons. The summed E-state index contributed by atoms with van der Waals surface area (Å²) in [6.07, 6.45) is -5.74. The Morgan fingerprint density at radius 2 is 1.88 bits per heavy atom. The van der Waals surface area contributed by atoms with Crippen molar-refractivity contribution < 1.29 is 36.6 Å². The molecule has 220 valence electrons. The number of aliphatic hydroxyl groups is 1. The molecule has 8 nitrogen and oxygen atoms in total. The van der Waals surface area contributed by atoms with Crippen LogP contribution in [0.2, 0.25) is 0 Å². The van der Waals surface area contributed by atoms with Crippen molar-refractivity contribution in [2.45, 2.75) is 62.1 Å². The number of piperidine rings is 1. The van der Waals surface area contributed by atoms with E-state index in [-0.39, 0.29) is 40.9 Å². The van der Waals surface area contributed by atoms with Gasteiger partial charge in [0, 0.05) is 25.6 Å². The molecular weight excluding hydrogens is 549 g/mol. The van der Waals surface area contributed by atoms with Crippen LogP contribution in [-0.2, 0) is 23.4 Å². The summed E-state index contributed by atoms with van der Waals surface area (Å²) in [7, 11) is 1.56. The minimum absolute atomic E-state index is 0.0218. The molecule has 1 amide bonds. The molecule has 3 aromatic rings. The first-order valence-corrected chi connectivity index (χ1v) is 13.5. The Morgan fingerprint density at radius 3 is 2.51 bits per heavy atom. The van der Waals surface area contributed by atoms with Crippen molar-refractivity contribution in [2.75, 3.05) is 31.6 Å². The lowest BCUT2D eigenvalue weighted by Gasteiger charge is -2.40. The lowest BCUT2D eigenvalue weighted by Crippen LogP contribution is -2.47. The van der Waals surface area contributed by atoms with Crippen LogP contribution < -0.4 is 10.1 Å². The third-order valence-electron chi connectivity index (χ3n) is 8.68. The molecule has 0 bridgehead atoms. The summed E-state index contributed by atoms with van der Waals surface area (Å²) in [5.41, 5.74) is -2.06. The molecule has 0 atom stereocenters. The van der Waals surface area contributed by atoms with Gasteiger partial charge in [0.2, 0.25) is 5.91 Å². The lowest BCUT2D eigenvalue weighted by atomic mass is 9.72. The molecule has 1 spiro atoms. The summed E-state index contributed by atoms with van der Waals surface area (Å²) >= 11 is 0. The number of hydrogen-bond donors (Lipinski definition) is 2. The number of benzene rings is 1.